The lowest BCUT2D eigenvalue weighted by Crippen LogP contribution is -2.14. The summed E-state index contributed by atoms with van der Waals surface area (Å²) in [5.41, 5.74) is 4.19. The number of aryl methyl sites for hydroxylation is 2. The van der Waals surface area contributed by atoms with Gasteiger partial charge in [0.2, 0.25) is 5.91 Å². The van der Waals surface area contributed by atoms with Crippen molar-refractivity contribution in [3.63, 3.8) is 0 Å². The van der Waals surface area contributed by atoms with E-state index in [4.69, 9.17) is 4.42 Å². The van der Waals surface area contributed by atoms with Gasteiger partial charge in [0.25, 0.3) is 0 Å². The van der Waals surface area contributed by atoms with Crippen LogP contribution in [0.4, 0.5) is 5.69 Å². The molecular formula is C19H19NO3. The number of fused-ring (bicyclic) bond motifs is 1. The average molecular weight is 309 g/mol. The fourth-order valence-corrected chi connectivity index (χ4v) is 2.60. The summed E-state index contributed by atoms with van der Waals surface area (Å²) in [4.78, 5) is 12.2. The lowest BCUT2D eigenvalue weighted by Gasteiger charge is -2.07. The Morgan fingerprint density at radius 3 is 2.78 bits per heavy atom. The van der Waals surface area contributed by atoms with E-state index in [2.05, 4.69) is 12.2 Å². The Hall–Kier alpha value is -2.75. The number of hydrogen-bond donors (Lipinski definition) is 2. The Labute approximate surface area is 134 Å². The lowest BCUT2D eigenvalue weighted by molar-refractivity contribution is -0.115. The summed E-state index contributed by atoms with van der Waals surface area (Å²) >= 11 is 0. The molecule has 0 spiro atoms. The van der Waals surface area contributed by atoms with E-state index in [1.807, 2.05) is 31.2 Å². The molecule has 0 unspecified atom stereocenters. The van der Waals surface area contributed by atoms with Gasteiger partial charge in [-0.3, -0.25) is 4.79 Å². The van der Waals surface area contributed by atoms with Gasteiger partial charge in [-0.05, 0) is 42.7 Å². The second-order valence-corrected chi connectivity index (χ2v) is 5.69. The van der Waals surface area contributed by atoms with Gasteiger partial charge >= 0.3 is 0 Å². The molecule has 23 heavy (non-hydrogen) atoms. The summed E-state index contributed by atoms with van der Waals surface area (Å²) in [6.45, 7) is 3.97. The number of carbonyl (C=O) groups excluding carboxylic acids is 1. The van der Waals surface area contributed by atoms with Gasteiger partial charge in [-0.1, -0.05) is 25.1 Å². The molecule has 0 saturated heterocycles. The van der Waals surface area contributed by atoms with Crippen LogP contribution in [0.1, 0.15) is 23.6 Å². The Balaban J connectivity index is 1.77. The number of hydrogen-bond acceptors (Lipinski definition) is 3. The summed E-state index contributed by atoms with van der Waals surface area (Å²) in [6, 6.07) is 11.2. The molecule has 0 radical (unpaired) electrons. The predicted molar refractivity (Wildman–Crippen MR) is 90.8 cm³/mol. The molecule has 4 heteroatoms. The number of rotatable bonds is 4. The Kier molecular flexibility index (Phi) is 4.06. The van der Waals surface area contributed by atoms with Crippen LogP contribution in [0.2, 0.25) is 0 Å². The molecule has 0 bridgehead atoms. The van der Waals surface area contributed by atoms with Crippen LogP contribution < -0.4 is 5.32 Å². The predicted octanol–water partition coefficient (Wildman–Crippen LogP) is 4.19. The van der Waals surface area contributed by atoms with Crippen molar-refractivity contribution in [1.29, 1.82) is 0 Å². The summed E-state index contributed by atoms with van der Waals surface area (Å²) in [7, 11) is 0. The first kappa shape index (κ1) is 15.2. The highest BCUT2D eigenvalue weighted by molar-refractivity contribution is 5.96. The fourth-order valence-electron chi connectivity index (χ4n) is 2.60. The highest BCUT2D eigenvalue weighted by atomic mass is 16.3. The molecular weight excluding hydrogens is 290 g/mol. The van der Waals surface area contributed by atoms with Crippen LogP contribution in [-0.2, 0) is 17.6 Å². The topological polar surface area (TPSA) is 62.5 Å². The zero-order valence-corrected chi connectivity index (χ0v) is 13.2. The quantitative estimate of drug-likeness (QED) is 0.710. The zero-order valence-electron chi connectivity index (χ0n) is 13.2. The van der Waals surface area contributed by atoms with Crippen molar-refractivity contribution in [3.8, 4) is 5.75 Å². The van der Waals surface area contributed by atoms with Gasteiger partial charge in [0, 0.05) is 10.9 Å². The summed E-state index contributed by atoms with van der Waals surface area (Å²) < 4.78 is 5.55. The van der Waals surface area contributed by atoms with E-state index in [0.29, 0.717) is 5.69 Å². The van der Waals surface area contributed by atoms with Crippen LogP contribution in [0.25, 0.3) is 11.0 Å². The number of benzene rings is 2. The monoisotopic (exact) mass is 309 g/mol. The smallest absolute Gasteiger partial charge is 0.229 e. The highest BCUT2D eigenvalue weighted by Crippen LogP contribution is 2.26. The molecule has 2 aromatic carbocycles. The van der Waals surface area contributed by atoms with Crippen LogP contribution >= 0.6 is 0 Å². The summed E-state index contributed by atoms with van der Waals surface area (Å²) in [6.07, 6.45) is 2.77. The highest BCUT2D eigenvalue weighted by Gasteiger charge is 2.12. The van der Waals surface area contributed by atoms with Gasteiger partial charge in [0.05, 0.1) is 18.4 Å². The number of phenols is 1. The van der Waals surface area contributed by atoms with E-state index in [1.165, 1.54) is 5.56 Å². The zero-order chi connectivity index (χ0) is 16.4. The third-order valence-electron chi connectivity index (χ3n) is 3.91. The fraction of sp³-hybridized carbons (Fsp3) is 0.211. The Morgan fingerprint density at radius 1 is 1.22 bits per heavy atom. The van der Waals surface area contributed by atoms with Gasteiger partial charge in [0.1, 0.15) is 11.3 Å². The third kappa shape index (κ3) is 3.21. The first-order chi connectivity index (χ1) is 11.1. The Morgan fingerprint density at radius 2 is 2.04 bits per heavy atom. The first-order valence-corrected chi connectivity index (χ1v) is 7.65. The molecule has 0 aliphatic heterocycles. The van der Waals surface area contributed by atoms with Crippen LogP contribution in [0, 0.1) is 6.92 Å². The number of anilines is 1. The van der Waals surface area contributed by atoms with E-state index in [0.717, 1.165) is 28.5 Å². The van der Waals surface area contributed by atoms with Gasteiger partial charge < -0.3 is 14.8 Å². The minimum Gasteiger partial charge on any atom is -0.506 e. The van der Waals surface area contributed by atoms with E-state index in [-0.39, 0.29) is 18.1 Å². The maximum absolute atomic E-state index is 12.2. The molecule has 1 heterocycles. The van der Waals surface area contributed by atoms with Crippen LogP contribution in [0.5, 0.6) is 5.75 Å². The molecule has 0 saturated carbocycles. The minimum atomic E-state index is -0.188. The second kappa shape index (κ2) is 6.16. The SMILES string of the molecule is CCc1ccc2c(CC(=O)Nc3ccc(C)cc3O)coc2c1. The molecule has 3 aromatic rings. The number of amides is 1. The van der Waals surface area contributed by atoms with Crippen LogP contribution in [0.15, 0.2) is 47.1 Å². The van der Waals surface area contributed by atoms with Gasteiger partial charge in [-0.15, -0.1) is 0 Å². The number of aromatic hydroxyl groups is 1. The molecule has 0 aliphatic rings. The molecule has 2 N–H and O–H groups in total. The van der Waals surface area contributed by atoms with Gasteiger partial charge in [-0.25, -0.2) is 0 Å². The largest absolute Gasteiger partial charge is 0.506 e. The minimum absolute atomic E-state index is 0.0722. The maximum Gasteiger partial charge on any atom is 0.229 e. The number of carbonyl (C=O) groups is 1. The maximum atomic E-state index is 12.2. The molecule has 0 fully saturated rings. The molecule has 3 rings (SSSR count). The van der Waals surface area contributed by atoms with Crippen molar-refractivity contribution < 1.29 is 14.3 Å². The van der Waals surface area contributed by atoms with Crippen molar-refractivity contribution in [3.05, 3.63) is 59.4 Å². The average Bonchev–Trinajstić information content (AvgIpc) is 2.92. The number of furan rings is 1. The Bertz CT molecular complexity index is 864. The second-order valence-electron chi connectivity index (χ2n) is 5.69. The normalized spacial score (nSPS) is 10.9. The third-order valence-corrected chi connectivity index (χ3v) is 3.91. The molecule has 1 aromatic heterocycles. The lowest BCUT2D eigenvalue weighted by atomic mass is 10.1. The van der Waals surface area contributed by atoms with Crippen LogP contribution in [0.3, 0.4) is 0 Å². The number of nitrogens with one attached hydrogen (secondary N) is 1. The van der Waals surface area contributed by atoms with Crippen molar-refractivity contribution in [2.45, 2.75) is 26.7 Å². The summed E-state index contributed by atoms with van der Waals surface area (Å²) in [5.74, 6) is -0.116. The van der Waals surface area contributed by atoms with Crippen molar-refractivity contribution in [2.24, 2.45) is 0 Å². The molecule has 118 valence electrons. The molecule has 0 aliphatic carbocycles. The van der Waals surface area contributed by atoms with E-state index in [1.54, 1.807) is 18.4 Å². The van der Waals surface area contributed by atoms with E-state index in [9.17, 15) is 9.90 Å². The first-order valence-electron chi connectivity index (χ1n) is 7.65. The molecule has 0 atom stereocenters. The van der Waals surface area contributed by atoms with Gasteiger partial charge in [-0.2, -0.15) is 0 Å². The van der Waals surface area contributed by atoms with E-state index < -0.39 is 0 Å². The van der Waals surface area contributed by atoms with Crippen molar-refractivity contribution >= 4 is 22.6 Å². The van der Waals surface area contributed by atoms with E-state index >= 15 is 0 Å². The van der Waals surface area contributed by atoms with Crippen molar-refractivity contribution in [2.75, 3.05) is 5.32 Å². The van der Waals surface area contributed by atoms with Crippen molar-refractivity contribution in [1.82, 2.24) is 0 Å². The molecule has 1 amide bonds. The standard InChI is InChI=1S/C19H19NO3/c1-3-13-5-6-15-14(11-23-18(15)9-13)10-19(22)20-16-7-4-12(2)8-17(16)21/h4-9,11,21H,3,10H2,1-2H3,(H,20,22). The summed E-state index contributed by atoms with van der Waals surface area (Å²) in [5, 5.41) is 13.5. The molecule has 4 nitrogen and oxygen atoms in total. The van der Waals surface area contributed by atoms with Crippen LogP contribution in [-0.4, -0.2) is 11.0 Å². The van der Waals surface area contributed by atoms with Gasteiger partial charge in [0.15, 0.2) is 0 Å². The number of phenolic OH excluding ortho intramolecular Hbond substituents is 1.